The van der Waals surface area contributed by atoms with E-state index >= 15 is 0 Å². The maximum Gasteiger partial charge on any atom is 0.253 e. The predicted molar refractivity (Wildman–Crippen MR) is 54.8 cm³/mol. The predicted octanol–water partition coefficient (Wildman–Crippen LogP) is 1.81. The molecule has 0 heterocycles. The standard InChI is InChI=1S/C11H12N2O/c1-12-8-9-4-6-10(7-5-9)11(14)13(2)3/h4-7H,8H2,2-3H3. The van der Waals surface area contributed by atoms with Crippen LogP contribution in [0.2, 0.25) is 0 Å². The van der Waals surface area contributed by atoms with Gasteiger partial charge in [0.05, 0.1) is 0 Å². The van der Waals surface area contributed by atoms with Crippen molar-refractivity contribution in [2.45, 2.75) is 6.54 Å². The molecular formula is C11H12N2O. The second-order valence-electron chi connectivity index (χ2n) is 3.21. The van der Waals surface area contributed by atoms with E-state index in [0.717, 1.165) is 5.56 Å². The van der Waals surface area contributed by atoms with Gasteiger partial charge in [-0.2, -0.15) is 0 Å². The zero-order valence-corrected chi connectivity index (χ0v) is 8.32. The van der Waals surface area contributed by atoms with Gasteiger partial charge < -0.3 is 9.74 Å². The third kappa shape index (κ3) is 2.33. The van der Waals surface area contributed by atoms with Crippen molar-refractivity contribution >= 4 is 5.91 Å². The molecule has 0 atom stereocenters. The number of carbonyl (C=O) groups excluding carboxylic acids is 1. The number of amides is 1. The maximum absolute atomic E-state index is 11.5. The average Bonchev–Trinajstić information content (AvgIpc) is 2.18. The lowest BCUT2D eigenvalue weighted by Gasteiger charge is -2.09. The first-order chi connectivity index (χ1) is 6.65. The lowest BCUT2D eigenvalue weighted by atomic mass is 10.1. The van der Waals surface area contributed by atoms with Gasteiger partial charge in [-0.15, -0.1) is 0 Å². The van der Waals surface area contributed by atoms with Gasteiger partial charge in [0.25, 0.3) is 5.91 Å². The average molecular weight is 188 g/mol. The minimum absolute atomic E-state index is 0.0145. The molecule has 0 aliphatic heterocycles. The van der Waals surface area contributed by atoms with Gasteiger partial charge in [-0.25, -0.2) is 6.57 Å². The Morgan fingerprint density at radius 3 is 2.36 bits per heavy atom. The smallest absolute Gasteiger partial charge is 0.253 e. The Morgan fingerprint density at radius 1 is 1.36 bits per heavy atom. The van der Waals surface area contributed by atoms with E-state index in [9.17, 15) is 4.79 Å². The maximum atomic E-state index is 11.5. The van der Waals surface area contributed by atoms with Crippen molar-refractivity contribution in [3.05, 3.63) is 46.8 Å². The van der Waals surface area contributed by atoms with E-state index in [1.165, 1.54) is 4.90 Å². The van der Waals surface area contributed by atoms with Crippen molar-refractivity contribution in [3.63, 3.8) is 0 Å². The molecule has 1 aromatic rings. The fourth-order valence-electron chi connectivity index (χ4n) is 1.10. The molecule has 72 valence electrons. The minimum atomic E-state index is -0.0145. The van der Waals surface area contributed by atoms with Crippen molar-refractivity contribution in [1.29, 1.82) is 0 Å². The molecule has 3 heteroatoms. The summed E-state index contributed by atoms with van der Waals surface area (Å²) in [7, 11) is 3.44. The van der Waals surface area contributed by atoms with E-state index in [4.69, 9.17) is 6.57 Å². The van der Waals surface area contributed by atoms with E-state index < -0.39 is 0 Å². The van der Waals surface area contributed by atoms with Gasteiger partial charge in [-0.1, -0.05) is 12.1 Å². The molecule has 3 nitrogen and oxygen atoms in total. The number of rotatable bonds is 2. The quantitative estimate of drug-likeness (QED) is 0.649. The highest BCUT2D eigenvalue weighted by Gasteiger charge is 2.07. The molecule has 0 aliphatic carbocycles. The summed E-state index contributed by atoms with van der Waals surface area (Å²) in [6.07, 6.45) is 0. The van der Waals surface area contributed by atoms with E-state index in [0.29, 0.717) is 12.1 Å². The van der Waals surface area contributed by atoms with Crippen LogP contribution in [0, 0.1) is 6.57 Å². The second-order valence-corrected chi connectivity index (χ2v) is 3.21. The Hall–Kier alpha value is -1.82. The lowest BCUT2D eigenvalue weighted by Crippen LogP contribution is -2.21. The van der Waals surface area contributed by atoms with Crippen LogP contribution in [-0.4, -0.2) is 24.9 Å². The highest BCUT2D eigenvalue weighted by Crippen LogP contribution is 2.07. The summed E-state index contributed by atoms with van der Waals surface area (Å²) < 4.78 is 0. The van der Waals surface area contributed by atoms with Crippen LogP contribution < -0.4 is 0 Å². The molecule has 0 spiro atoms. The molecule has 0 aliphatic rings. The topological polar surface area (TPSA) is 24.7 Å². The molecule has 0 saturated heterocycles. The van der Waals surface area contributed by atoms with E-state index in [2.05, 4.69) is 4.85 Å². The molecule has 0 fully saturated rings. The van der Waals surface area contributed by atoms with E-state index in [-0.39, 0.29) is 5.91 Å². The van der Waals surface area contributed by atoms with Crippen LogP contribution in [0.25, 0.3) is 4.85 Å². The molecular weight excluding hydrogens is 176 g/mol. The van der Waals surface area contributed by atoms with Crippen LogP contribution in [0.15, 0.2) is 24.3 Å². The summed E-state index contributed by atoms with van der Waals surface area (Å²) in [4.78, 5) is 16.3. The third-order valence-corrected chi connectivity index (χ3v) is 1.87. The highest BCUT2D eigenvalue weighted by atomic mass is 16.2. The van der Waals surface area contributed by atoms with Crippen molar-refractivity contribution in [3.8, 4) is 0 Å². The van der Waals surface area contributed by atoms with Gasteiger partial charge in [0.15, 0.2) is 0 Å². The van der Waals surface area contributed by atoms with Crippen LogP contribution in [0.3, 0.4) is 0 Å². The first-order valence-corrected chi connectivity index (χ1v) is 4.29. The molecule has 0 unspecified atom stereocenters. The lowest BCUT2D eigenvalue weighted by molar-refractivity contribution is 0.0827. The fourth-order valence-corrected chi connectivity index (χ4v) is 1.10. The second kappa shape index (κ2) is 4.43. The number of nitrogens with zero attached hydrogens (tertiary/aromatic N) is 2. The normalized spacial score (nSPS) is 9.21. The van der Waals surface area contributed by atoms with Crippen LogP contribution in [0.1, 0.15) is 15.9 Å². The zero-order chi connectivity index (χ0) is 10.6. The van der Waals surface area contributed by atoms with Crippen LogP contribution >= 0.6 is 0 Å². The van der Waals surface area contributed by atoms with Crippen molar-refractivity contribution in [2.24, 2.45) is 0 Å². The molecule has 1 rings (SSSR count). The molecule has 0 radical (unpaired) electrons. The molecule has 0 saturated carbocycles. The Kier molecular flexibility index (Phi) is 3.24. The van der Waals surface area contributed by atoms with Crippen molar-refractivity contribution in [1.82, 2.24) is 4.90 Å². The molecule has 0 aromatic heterocycles. The van der Waals surface area contributed by atoms with Crippen molar-refractivity contribution < 1.29 is 4.79 Å². The SMILES string of the molecule is [C-]#[N+]Cc1ccc(C(=O)N(C)C)cc1. The zero-order valence-electron chi connectivity index (χ0n) is 8.32. The Bertz CT molecular complexity index is 360. The first-order valence-electron chi connectivity index (χ1n) is 4.29. The van der Waals surface area contributed by atoms with Crippen LogP contribution in [-0.2, 0) is 6.54 Å². The fraction of sp³-hybridized carbons (Fsp3) is 0.273. The minimum Gasteiger partial charge on any atom is -0.345 e. The van der Waals surface area contributed by atoms with Gasteiger partial charge in [0.2, 0.25) is 6.54 Å². The number of benzene rings is 1. The summed E-state index contributed by atoms with van der Waals surface area (Å²) >= 11 is 0. The summed E-state index contributed by atoms with van der Waals surface area (Å²) in [6.45, 7) is 7.07. The van der Waals surface area contributed by atoms with Gasteiger partial charge in [-0.3, -0.25) is 4.79 Å². The first kappa shape index (κ1) is 10.3. The molecule has 0 bridgehead atoms. The monoisotopic (exact) mass is 188 g/mol. The van der Waals surface area contributed by atoms with E-state index in [1.807, 2.05) is 12.1 Å². The summed E-state index contributed by atoms with van der Waals surface area (Å²) in [6, 6.07) is 7.13. The van der Waals surface area contributed by atoms with Gasteiger partial charge >= 0.3 is 0 Å². The van der Waals surface area contributed by atoms with Gasteiger partial charge in [0.1, 0.15) is 0 Å². The Morgan fingerprint density at radius 2 is 1.93 bits per heavy atom. The number of hydrogen-bond acceptors (Lipinski definition) is 1. The number of hydrogen-bond donors (Lipinski definition) is 0. The van der Waals surface area contributed by atoms with Gasteiger partial charge in [0, 0.05) is 25.2 Å². The molecule has 0 N–H and O–H groups in total. The summed E-state index contributed by atoms with van der Waals surface area (Å²) in [5.41, 5.74) is 1.60. The van der Waals surface area contributed by atoms with Crippen LogP contribution in [0.4, 0.5) is 0 Å². The van der Waals surface area contributed by atoms with Gasteiger partial charge in [-0.05, 0) is 12.1 Å². The molecule has 1 aromatic carbocycles. The third-order valence-electron chi connectivity index (χ3n) is 1.87. The van der Waals surface area contributed by atoms with E-state index in [1.54, 1.807) is 26.2 Å². The van der Waals surface area contributed by atoms with Crippen LogP contribution in [0.5, 0.6) is 0 Å². The molecule has 14 heavy (non-hydrogen) atoms. The highest BCUT2D eigenvalue weighted by molar-refractivity contribution is 5.93. The summed E-state index contributed by atoms with van der Waals surface area (Å²) in [5.74, 6) is -0.0145. The summed E-state index contributed by atoms with van der Waals surface area (Å²) in [5, 5.41) is 0. The molecule has 1 amide bonds. The Balaban J connectivity index is 2.84. The number of carbonyl (C=O) groups is 1. The largest absolute Gasteiger partial charge is 0.345 e. The Labute approximate surface area is 83.8 Å². The van der Waals surface area contributed by atoms with Crippen molar-refractivity contribution in [2.75, 3.05) is 14.1 Å².